The predicted octanol–water partition coefficient (Wildman–Crippen LogP) is 4.38. The Morgan fingerprint density at radius 3 is 2.67 bits per heavy atom. The van der Waals surface area contributed by atoms with Gasteiger partial charge in [0.2, 0.25) is 0 Å². The van der Waals surface area contributed by atoms with Gasteiger partial charge >= 0.3 is 0 Å². The van der Waals surface area contributed by atoms with E-state index in [-0.39, 0.29) is 6.04 Å². The SMILES string of the molecule is Cc1cc(NC(c2ccccc2)c2cc3ccccc3o2)n2ncnc2n1. The number of fused-ring (bicyclic) bond motifs is 2. The van der Waals surface area contributed by atoms with Crippen molar-refractivity contribution in [1.29, 1.82) is 0 Å². The normalized spacial score (nSPS) is 12.5. The Labute approximate surface area is 155 Å². The largest absolute Gasteiger partial charge is 0.459 e. The van der Waals surface area contributed by atoms with Gasteiger partial charge in [0.25, 0.3) is 5.78 Å². The van der Waals surface area contributed by atoms with Crippen LogP contribution in [0.2, 0.25) is 0 Å². The second kappa shape index (κ2) is 6.25. The molecule has 6 heteroatoms. The Morgan fingerprint density at radius 1 is 1.00 bits per heavy atom. The van der Waals surface area contributed by atoms with Gasteiger partial charge < -0.3 is 9.73 Å². The molecule has 1 atom stereocenters. The minimum Gasteiger partial charge on any atom is -0.459 e. The van der Waals surface area contributed by atoms with Gasteiger partial charge in [-0.15, -0.1) is 0 Å². The Hall–Kier alpha value is -3.67. The molecule has 6 nitrogen and oxygen atoms in total. The van der Waals surface area contributed by atoms with Crippen molar-refractivity contribution in [3.63, 3.8) is 0 Å². The fraction of sp³-hybridized carbons (Fsp3) is 0.0952. The third-order valence-corrected chi connectivity index (χ3v) is 4.53. The van der Waals surface area contributed by atoms with Crippen LogP contribution in [-0.2, 0) is 0 Å². The topological polar surface area (TPSA) is 68.2 Å². The highest BCUT2D eigenvalue weighted by Gasteiger charge is 2.20. The van der Waals surface area contributed by atoms with Crippen molar-refractivity contribution in [1.82, 2.24) is 19.6 Å². The van der Waals surface area contributed by atoms with E-state index in [1.165, 1.54) is 6.33 Å². The number of hydrogen-bond acceptors (Lipinski definition) is 5. The highest BCUT2D eigenvalue weighted by atomic mass is 16.3. The molecule has 2 aromatic carbocycles. The lowest BCUT2D eigenvalue weighted by atomic mass is 10.0. The van der Waals surface area contributed by atoms with Crippen molar-refractivity contribution >= 4 is 22.6 Å². The van der Waals surface area contributed by atoms with Gasteiger partial charge in [-0.3, -0.25) is 0 Å². The Kier molecular flexibility index (Phi) is 3.60. The molecule has 132 valence electrons. The Bertz CT molecular complexity index is 1190. The Balaban J connectivity index is 1.65. The maximum atomic E-state index is 6.16. The van der Waals surface area contributed by atoms with Crippen LogP contribution in [0.25, 0.3) is 16.7 Å². The van der Waals surface area contributed by atoms with Crippen LogP contribution in [0.3, 0.4) is 0 Å². The average Bonchev–Trinajstić information content (AvgIpc) is 3.33. The first kappa shape index (κ1) is 15.6. The molecule has 5 rings (SSSR count). The number of nitrogens with one attached hydrogen (secondary N) is 1. The number of nitrogens with zero attached hydrogens (tertiary/aromatic N) is 4. The first-order chi connectivity index (χ1) is 13.3. The summed E-state index contributed by atoms with van der Waals surface area (Å²) in [5.41, 5.74) is 2.83. The first-order valence-electron chi connectivity index (χ1n) is 8.75. The zero-order chi connectivity index (χ0) is 18.2. The summed E-state index contributed by atoms with van der Waals surface area (Å²) in [5, 5.41) is 8.94. The summed E-state index contributed by atoms with van der Waals surface area (Å²) in [6.07, 6.45) is 1.51. The maximum Gasteiger partial charge on any atom is 0.254 e. The summed E-state index contributed by atoms with van der Waals surface area (Å²) in [7, 11) is 0. The molecular weight excluding hydrogens is 338 g/mol. The number of para-hydroxylation sites is 1. The summed E-state index contributed by atoms with van der Waals surface area (Å²) in [6.45, 7) is 1.94. The van der Waals surface area contributed by atoms with E-state index in [0.717, 1.165) is 33.8 Å². The van der Waals surface area contributed by atoms with Crippen molar-refractivity contribution in [2.75, 3.05) is 5.32 Å². The Morgan fingerprint density at radius 2 is 1.81 bits per heavy atom. The number of benzene rings is 2. The molecule has 3 aromatic heterocycles. The third-order valence-electron chi connectivity index (χ3n) is 4.53. The van der Waals surface area contributed by atoms with Crippen molar-refractivity contribution in [2.45, 2.75) is 13.0 Å². The van der Waals surface area contributed by atoms with Gasteiger partial charge in [0, 0.05) is 17.1 Å². The number of aryl methyl sites for hydroxylation is 1. The molecule has 5 aromatic rings. The smallest absolute Gasteiger partial charge is 0.254 e. The molecule has 0 saturated carbocycles. The minimum absolute atomic E-state index is 0.173. The van der Waals surface area contributed by atoms with Crippen molar-refractivity contribution in [3.8, 4) is 0 Å². The lowest BCUT2D eigenvalue weighted by Gasteiger charge is -2.19. The van der Waals surface area contributed by atoms with Crippen molar-refractivity contribution in [3.05, 3.63) is 90.1 Å². The number of anilines is 1. The van der Waals surface area contributed by atoms with Gasteiger partial charge in [0.1, 0.15) is 29.5 Å². The molecular formula is C21H17N5O. The number of furan rings is 1. The van der Waals surface area contributed by atoms with Crippen LogP contribution in [-0.4, -0.2) is 19.6 Å². The fourth-order valence-electron chi connectivity index (χ4n) is 3.29. The molecule has 0 saturated heterocycles. The van der Waals surface area contributed by atoms with Crippen molar-refractivity contribution < 1.29 is 4.42 Å². The van der Waals surface area contributed by atoms with Crippen LogP contribution in [0.4, 0.5) is 5.82 Å². The molecule has 0 spiro atoms. The zero-order valence-electron chi connectivity index (χ0n) is 14.7. The second-order valence-electron chi connectivity index (χ2n) is 6.43. The van der Waals surface area contributed by atoms with E-state index in [9.17, 15) is 0 Å². The van der Waals surface area contributed by atoms with E-state index in [0.29, 0.717) is 5.78 Å². The van der Waals surface area contributed by atoms with Crippen LogP contribution < -0.4 is 5.32 Å². The molecule has 1 N–H and O–H groups in total. The molecule has 0 radical (unpaired) electrons. The predicted molar refractivity (Wildman–Crippen MR) is 104 cm³/mol. The highest BCUT2D eigenvalue weighted by molar-refractivity contribution is 5.78. The van der Waals surface area contributed by atoms with Gasteiger partial charge in [-0.1, -0.05) is 48.5 Å². The molecule has 0 aliphatic rings. The van der Waals surface area contributed by atoms with Crippen LogP contribution in [0, 0.1) is 6.92 Å². The van der Waals surface area contributed by atoms with E-state index in [2.05, 4.69) is 44.6 Å². The minimum atomic E-state index is -0.173. The lowest BCUT2D eigenvalue weighted by Crippen LogP contribution is -2.15. The summed E-state index contributed by atoms with van der Waals surface area (Å²) < 4.78 is 7.86. The molecule has 0 amide bonds. The molecule has 0 fully saturated rings. The van der Waals surface area contributed by atoms with Crippen LogP contribution >= 0.6 is 0 Å². The monoisotopic (exact) mass is 355 g/mol. The van der Waals surface area contributed by atoms with E-state index >= 15 is 0 Å². The fourth-order valence-corrected chi connectivity index (χ4v) is 3.29. The highest BCUT2D eigenvalue weighted by Crippen LogP contribution is 2.31. The summed E-state index contributed by atoms with van der Waals surface area (Å²) in [6, 6.07) is 22.1. The van der Waals surface area contributed by atoms with E-state index in [1.54, 1.807) is 4.52 Å². The van der Waals surface area contributed by atoms with Gasteiger partial charge in [0.05, 0.1) is 0 Å². The van der Waals surface area contributed by atoms with Gasteiger partial charge in [-0.2, -0.15) is 14.6 Å². The van der Waals surface area contributed by atoms with Gasteiger partial charge in [0.15, 0.2) is 0 Å². The molecule has 0 aliphatic carbocycles. The van der Waals surface area contributed by atoms with Crippen LogP contribution in [0.1, 0.15) is 23.1 Å². The van der Waals surface area contributed by atoms with Gasteiger partial charge in [-0.05, 0) is 24.6 Å². The van der Waals surface area contributed by atoms with E-state index in [4.69, 9.17) is 4.42 Å². The number of hydrogen-bond donors (Lipinski definition) is 1. The zero-order valence-corrected chi connectivity index (χ0v) is 14.7. The lowest BCUT2D eigenvalue weighted by molar-refractivity contribution is 0.535. The van der Waals surface area contributed by atoms with Crippen LogP contribution in [0.15, 0.2) is 77.5 Å². The van der Waals surface area contributed by atoms with E-state index < -0.39 is 0 Å². The first-order valence-corrected chi connectivity index (χ1v) is 8.75. The number of aromatic nitrogens is 4. The standard InChI is InChI=1S/C21H17N5O/c1-14-11-19(26-21(24-14)22-13-23-26)25-20(15-7-3-2-4-8-15)18-12-16-9-5-6-10-17(16)27-18/h2-13,20,25H,1H3. The molecule has 0 aliphatic heterocycles. The third kappa shape index (κ3) is 2.81. The summed E-state index contributed by atoms with van der Waals surface area (Å²) in [4.78, 5) is 8.61. The molecule has 0 bridgehead atoms. The number of rotatable bonds is 4. The van der Waals surface area contributed by atoms with Crippen LogP contribution in [0.5, 0.6) is 0 Å². The molecule has 1 unspecified atom stereocenters. The van der Waals surface area contributed by atoms with Gasteiger partial charge in [-0.25, -0.2) is 4.98 Å². The average molecular weight is 355 g/mol. The summed E-state index contributed by atoms with van der Waals surface area (Å²) >= 11 is 0. The second-order valence-corrected chi connectivity index (χ2v) is 6.43. The molecule has 27 heavy (non-hydrogen) atoms. The molecule has 3 heterocycles. The van der Waals surface area contributed by atoms with Crippen molar-refractivity contribution in [2.24, 2.45) is 0 Å². The van der Waals surface area contributed by atoms with E-state index in [1.807, 2.05) is 49.4 Å². The quantitative estimate of drug-likeness (QED) is 0.518. The summed E-state index contributed by atoms with van der Waals surface area (Å²) in [5.74, 6) is 2.21. The maximum absolute atomic E-state index is 6.16.